The average molecular weight is 370 g/mol. The third-order valence-electron chi connectivity index (χ3n) is 4.07. The van der Waals surface area contributed by atoms with Crippen LogP contribution in [0.25, 0.3) is 0 Å². The van der Waals surface area contributed by atoms with Crippen molar-refractivity contribution in [1.29, 1.82) is 0 Å². The highest BCUT2D eigenvalue weighted by Gasteiger charge is 2.26. The largest absolute Gasteiger partial charge is 0.321 e. The van der Waals surface area contributed by atoms with Crippen molar-refractivity contribution < 1.29 is 9.59 Å². The Hall–Kier alpha value is -2.58. The molecule has 8 heteroatoms. The summed E-state index contributed by atoms with van der Waals surface area (Å²) in [7, 11) is 0. The summed E-state index contributed by atoms with van der Waals surface area (Å²) in [4.78, 5) is 28.0. The fourth-order valence-electron chi connectivity index (χ4n) is 2.83. The van der Waals surface area contributed by atoms with Gasteiger partial charge in [0, 0.05) is 17.9 Å². The highest BCUT2D eigenvalue weighted by atomic mass is 32.1. The second-order valence-corrected chi connectivity index (χ2v) is 7.37. The molecular weight excluding hydrogens is 356 g/mol. The van der Waals surface area contributed by atoms with E-state index in [0.29, 0.717) is 27.7 Å². The number of benzene rings is 1. The highest BCUT2D eigenvalue weighted by Crippen LogP contribution is 2.32. The number of hydrogen-bond acceptors (Lipinski definition) is 6. The molecule has 2 aromatic heterocycles. The number of rotatable bonds is 3. The fourth-order valence-corrected chi connectivity index (χ4v) is 4.05. The number of fused-ring (bicyclic) bond motifs is 1. The summed E-state index contributed by atoms with van der Waals surface area (Å²) in [6.07, 6.45) is 0.818. The molecule has 0 spiro atoms. The van der Waals surface area contributed by atoms with Crippen LogP contribution in [0.1, 0.15) is 30.6 Å². The normalized spacial score (nSPS) is 12.9. The van der Waals surface area contributed by atoms with E-state index < -0.39 is 0 Å². The summed E-state index contributed by atoms with van der Waals surface area (Å²) < 4.78 is 3.79. The van der Waals surface area contributed by atoms with Gasteiger partial charge in [-0.05, 0) is 54.0 Å². The van der Waals surface area contributed by atoms with Crippen LogP contribution in [0.15, 0.2) is 35.7 Å². The third-order valence-corrected chi connectivity index (χ3v) is 5.76. The van der Waals surface area contributed by atoms with Gasteiger partial charge in [-0.1, -0.05) is 16.6 Å². The predicted molar refractivity (Wildman–Crippen MR) is 98.7 cm³/mol. The topological polar surface area (TPSA) is 75.2 Å². The van der Waals surface area contributed by atoms with Crippen LogP contribution in [0.2, 0.25) is 0 Å². The molecule has 0 radical (unpaired) electrons. The molecule has 0 saturated carbocycles. The maximum Gasteiger partial charge on any atom is 0.269 e. The maximum absolute atomic E-state index is 12.7. The molecule has 0 unspecified atom stereocenters. The molecule has 1 aromatic carbocycles. The van der Waals surface area contributed by atoms with Crippen molar-refractivity contribution in [2.45, 2.75) is 13.3 Å². The SMILES string of the molecule is Cc1nnsc1C(=O)Nc1ccc2c(c1)N(C(=O)c1cccs1)CC2. The van der Waals surface area contributed by atoms with Crippen LogP contribution in [0, 0.1) is 6.92 Å². The number of carbonyl (C=O) groups excluding carboxylic acids is 2. The van der Waals surface area contributed by atoms with Gasteiger partial charge in [-0.15, -0.1) is 16.4 Å². The molecule has 2 amide bonds. The van der Waals surface area contributed by atoms with Crippen molar-refractivity contribution in [1.82, 2.24) is 9.59 Å². The van der Waals surface area contributed by atoms with Gasteiger partial charge >= 0.3 is 0 Å². The van der Waals surface area contributed by atoms with E-state index in [-0.39, 0.29) is 11.8 Å². The number of thiophene rings is 1. The van der Waals surface area contributed by atoms with Crippen molar-refractivity contribution in [2.75, 3.05) is 16.8 Å². The number of anilines is 2. The van der Waals surface area contributed by atoms with Crippen LogP contribution >= 0.6 is 22.9 Å². The first-order valence-corrected chi connectivity index (χ1v) is 9.37. The van der Waals surface area contributed by atoms with Crippen LogP contribution in [0.5, 0.6) is 0 Å². The van der Waals surface area contributed by atoms with E-state index in [1.807, 2.05) is 35.7 Å². The van der Waals surface area contributed by atoms with Gasteiger partial charge in [0.1, 0.15) is 4.88 Å². The van der Waals surface area contributed by atoms with E-state index >= 15 is 0 Å². The van der Waals surface area contributed by atoms with E-state index in [0.717, 1.165) is 29.2 Å². The molecule has 0 atom stereocenters. The van der Waals surface area contributed by atoms with E-state index in [1.54, 1.807) is 11.8 Å². The van der Waals surface area contributed by atoms with Crippen molar-refractivity contribution in [3.63, 3.8) is 0 Å². The molecule has 25 heavy (non-hydrogen) atoms. The van der Waals surface area contributed by atoms with Crippen LogP contribution in [-0.4, -0.2) is 27.9 Å². The lowest BCUT2D eigenvalue weighted by molar-refractivity contribution is 0.0991. The summed E-state index contributed by atoms with van der Waals surface area (Å²) in [6, 6.07) is 9.38. The summed E-state index contributed by atoms with van der Waals surface area (Å²) in [6.45, 7) is 2.41. The molecule has 6 nitrogen and oxygen atoms in total. The molecular formula is C17H14N4O2S2. The van der Waals surface area contributed by atoms with E-state index in [9.17, 15) is 9.59 Å². The minimum atomic E-state index is -0.235. The number of nitrogens with one attached hydrogen (secondary N) is 1. The Morgan fingerprint density at radius 1 is 1.28 bits per heavy atom. The second kappa shape index (κ2) is 6.38. The van der Waals surface area contributed by atoms with Gasteiger partial charge in [0.15, 0.2) is 0 Å². The first-order valence-electron chi connectivity index (χ1n) is 7.72. The minimum absolute atomic E-state index is 0.000252. The Morgan fingerprint density at radius 3 is 2.88 bits per heavy atom. The summed E-state index contributed by atoms with van der Waals surface area (Å²) in [5, 5.41) is 8.62. The van der Waals surface area contributed by atoms with Crippen LogP contribution < -0.4 is 10.2 Å². The van der Waals surface area contributed by atoms with Crippen molar-refractivity contribution in [3.05, 3.63) is 56.7 Å². The van der Waals surface area contributed by atoms with Crippen molar-refractivity contribution in [3.8, 4) is 0 Å². The van der Waals surface area contributed by atoms with Crippen molar-refractivity contribution in [2.24, 2.45) is 0 Å². The van der Waals surface area contributed by atoms with Gasteiger partial charge in [-0.25, -0.2) is 0 Å². The van der Waals surface area contributed by atoms with Crippen LogP contribution in [0.4, 0.5) is 11.4 Å². The van der Waals surface area contributed by atoms with Gasteiger partial charge < -0.3 is 10.2 Å². The standard InChI is InChI=1S/C17H14N4O2S2/c1-10-15(25-20-19-10)16(22)18-12-5-4-11-6-7-21(13(11)9-12)17(23)14-3-2-8-24-14/h2-5,8-9H,6-7H2,1H3,(H,18,22). The number of carbonyl (C=O) groups is 2. The molecule has 3 aromatic rings. The molecule has 126 valence electrons. The Morgan fingerprint density at radius 2 is 2.16 bits per heavy atom. The lowest BCUT2D eigenvalue weighted by Gasteiger charge is -2.17. The molecule has 0 saturated heterocycles. The van der Waals surface area contributed by atoms with E-state index in [4.69, 9.17) is 0 Å². The fraction of sp³-hybridized carbons (Fsp3) is 0.176. The molecule has 0 fully saturated rings. The number of nitrogens with zero attached hydrogens (tertiary/aromatic N) is 3. The molecule has 1 aliphatic heterocycles. The molecule has 0 bridgehead atoms. The van der Waals surface area contributed by atoms with Gasteiger partial charge in [0.2, 0.25) is 0 Å². The lowest BCUT2D eigenvalue weighted by atomic mass is 10.1. The number of amides is 2. The first kappa shape index (κ1) is 15.9. The van der Waals surface area contributed by atoms with Gasteiger partial charge in [0.25, 0.3) is 11.8 Å². The molecule has 0 aliphatic carbocycles. The second-order valence-electron chi connectivity index (χ2n) is 5.67. The van der Waals surface area contributed by atoms with Gasteiger partial charge in [-0.2, -0.15) is 0 Å². The monoisotopic (exact) mass is 370 g/mol. The smallest absolute Gasteiger partial charge is 0.269 e. The summed E-state index contributed by atoms with van der Waals surface area (Å²) in [5.41, 5.74) is 3.23. The van der Waals surface area contributed by atoms with E-state index in [1.165, 1.54) is 11.3 Å². The maximum atomic E-state index is 12.7. The summed E-state index contributed by atoms with van der Waals surface area (Å²) >= 11 is 2.50. The third kappa shape index (κ3) is 2.94. The Balaban J connectivity index is 1.59. The lowest BCUT2D eigenvalue weighted by Crippen LogP contribution is -2.28. The Kier molecular flexibility index (Phi) is 4.06. The van der Waals surface area contributed by atoms with Crippen LogP contribution in [0.3, 0.4) is 0 Å². The quantitative estimate of drug-likeness (QED) is 0.767. The Bertz CT molecular complexity index is 949. The zero-order valence-corrected chi connectivity index (χ0v) is 15.0. The molecule has 3 heterocycles. The first-order chi connectivity index (χ1) is 12.1. The average Bonchev–Trinajstić information content (AvgIpc) is 3.34. The minimum Gasteiger partial charge on any atom is -0.321 e. The van der Waals surface area contributed by atoms with Crippen molar-refractivity contribution >= 4 is 46.1 Å². The molecule has 4 rings (SSSR count). The predicted octanol–water partition coefficient (Wildman–Crippen LogP) is 3.36. The highest BCUT2D eigenvalue weighted by molar-refractivity contribution is 7.12. The van der Waals surface area contributed by atoms with Crippen LogP contribution in [-0.2, 0) is 6.42 Å². The molecule has 1 N–H and O–H groups in total. The number of aromatic nitrogens is 2. The molecule has 1 aliphatic rings. The van der Waals surface area contributed by atoms with Gasteiger partial charge in [-0.3, -0.25) is 9.59 Å². The zero-order valence-electron chi connectivity index (χ0n) is 13.4. The van der Waals surface area contributed by atoms with Gasteiger partial charge in [0.05, 0.1) is 10.6 Å². The Labute approximate surface area is 152 Å². The zero-order chi connectivity index (χ0) is 17.4. The number of hydrogen-bond donors (Lipinski definition) is 1. The number of aryl methyl sites for hydroxylation is 1. The van der Waals surface area contributed by atoms with E-state index in [2.05, 4.69) is 14.9 Å². The summed E-state index contributed by atoms with van der Waals surface area (Å²) in [5.74, 6) is -0.235.